The molecule has 1 aliphatic carbocycles. The van der Waals surface area contributed by atoms with Gasteiger partial charge in [-0.05, 0) is 49.8 Å². The Hall–Kier alpha value is -1.53. The van der Waals surface area contributed by atoms with E-state index >= 15 is 0 Å². The molecule has 1 heterocycles. The number of rotatable bonds is 4. The molecular weight excluding hydrogens is 276 g/mol. The van der Waals surface area contributed by atoms with Crippen molar-refractivity contribution in [2.24, 2.45) is 5.92 Å². The number of benzene rings is 1. The van der Waals surface area contributed by atoms with Crippen LogP contribution in [0.25, 0.3) is 0 Å². The molecule has 3 atom stereocenters. The first kappa shape index (κ1) is 14.4. The second-order valence-electron chi connectivity index (χ2n) is 5.92. The van der Waals surface area contributed by atoms with Crippen molar-refractivity contribution in [1.82, 2.24) is 16.2 Å². The lowest BCUT2D eigenvalue weighted by atomic mass is 10.0. The molecule has 1 saturated carbocycles. The monoisotopic (exact) mass is 295 g/mol. The van der Waals surface area contributed by atoms with Gasteiger partial charge in [-0.1, -0.05) is 6.07 Å². The van der Waals surface area contributed by atoms with E-state index in [1.54, 1.807) is 6.92 Å². The lowest BCUT2D eigenvalue weighted by molar-refractivity contribution is -0.123. The predicted molar refractivity (Wildman–Crippen MR) is 74.1 cm³/mol. The highest BCUT2D eigenvalue weighted by Gasteiger charge is 2.38. The summed E-state index contributed by atoms with van der Waals surface area (Å²) in [6.07, 6.45) is 3.21. The van der Waals surface area contributed by atoms with Gasteiger partial charge >= 0.3 is 0 Å². The van der Waals surface area contributed by atoms with E-state index in [0.29, 0.717) is 17.5 Å². The molecule has 3 N–H and O–H groups in total. The van der Waals surface area contributed by atoms with Crippen LogP contribution >= 0.6 is 0 Å². The summed E-state index contributed by atoms with van der Waals surface area (Å²) in [6, 6.07) is 3.40. The lowest BCUT2D eigenvalue weighted by Gasteiger charge is -2.17. The highest BCUT2D eigenvalue weighted by Crippen LogP contribution is 2.35. The van der Waals surface area contributed by atoms with Crippen molar-refractivity contribution in [3.05, 3.63) is 35.4 Å². The summed E-state index contributed by atoms with van der Waals surface area (Å²) in [6.45, 7) is 1.76. The zero-order valence-electron chi connectivity index (χ0n) is 11.8. The molecule has 3 rings (SSSR count). The molecule has 0 bridgehead atoms. The number of hydrogen-bond donors (Lipinski definition) is 3. The maximum Gasteiger partial charge on any atom is 0.239 e. The lowest BCUT2D eigenvalue weighted by Crippen LogP contribution is -2.44. The van der Waals surface area contributed by atoms with Gasteiger partial charge in [-0.15, -0.1) is 0 Å². The molecule has 4 nitrogen and oxygen atoms in total. The van der Waals surface area contributed by atoms with Crippen LogP contribution in [0.15, 0.2) is 18.2 Å². The fourth-order valence-electron chi connectivity index (χ4n) is 2.74. The van der Waals surface area contributed by atoms with Crippen LogP contribution in [0, 0.1) is 17.6 Å². The molecule has 2 fully saturated rings. The van der Waals surface area contributed by atoms with Crippen LogP contribution in [-0.4, -0.2) is 18.0 Å². The van der Waals surface area contributed by atoms with Crippen LogP contribution in [0.1, 0.15) is 37.8 Å². The van der Waals surface area contributed by atoms with E-state index in [0.717, 1.165) is 18.6 Å². The third-order valence-corrected chi connectivity index (χ3v) is 4.24. The van der Waals surface area contributed by atoms with Gasteiger partial charge in [-0.3, -0.25) is 10.2 Å². The largest absolute Gasteiger partial charge is 0.348 e. The van der Waals surface area contributed by atoms with Crippen molar-refractivity contribution in [3.8, 4) is 0 Å². The molecule has 0 aromatic heterocycles. The molecule has 3 unspecified atom stereocenters. The second kappa shape index (κ2) is 5.69. The van der Waals surface area contributed by atoms with Crippen molar-refractivity contribution in [2.75, 3.05) is 0 Å². The van der Waals surface area contributed by atoms with Gasteiger partial charge in [0.1, 0.15) is 6.04 Å². The zero-order valence-corrected chi connectivity index (χ0v) is 11.8. The Bertz CT molecular complexity index is 548. The molecule has 1 aliphatic heterocycles. The van der Waals surface area contributed by atoms with E-state index in [1.165, 1.54) is 18.9 Å². The molecule has 0 radical (unpaired) electrons. The molecule has 1 saturated heterocycles. The third-order valence-electron chi connectivity index (χ3n) is 4.24. The fourth-order valence-corrected chi connectivity index (χ4v) is 2.74. The number of hydrogen-bond acceptors (Lipinski definition) is 3. The molecule has 6 heteroatoms. The summed E-state index contributed by atoms with van der Waals surface area (Å²) in [7, 11) is 0. The zero-order chi connectivity index (χ0) is 15.0. The maximum absolute atomic E-state index is 13.2. The first-order chi connectivity index (χ1) is 10.0. The molecule has 1 amide bonds. The molecule has 0 spiro atoms. The number of carbonyl (C=O) groups excluding carboxylic acids is 1. The number of halogens is 2. The Morgan fingerprint density at radius 3 is 2.71 bits per heavy atom. The maximum atomic E-state index is 13.2. The van der Waals surface area contributed by atoms with Crippen molar-refractivity contribution in [2.45, 2.75) is 44.3 Å². The van der Waals surface area contributed by atoms with Crippen LogP contribution in [0.2, 0.25) is 0 Å². The number of nitrogens with one attached hydrogen (secondary N) is 3. The number of carbonyl (C=O) groups is 1. The molecule has 21 heavy (non-hydrogen) atoms. The standard InChI is InChI=1S/C15H19F2N3O/c1-8(10-4-5-11(16)12(17)6-10)18-15(21)14-7-13(19-20-14)9-2-3-9/h4-6,8-9,13-14,19-20H,2-3,7H2,1H3,(H,18,21). The molecule has 114 valence electrons. The number of amides is 1. The van der Waals surface area contributed by atoms with Crippen molar-refractivity contribution in [3.63, 3.8) is 0 Å². The highest BCUT2D eigenvalue weighted by molar-refractivity contribution is 5.82. The minimum Gasteiger partial charge on any atom is -0.348 e. The van der Waals surface area contributed by atoms with Crippen LogP contribution in [0.4, 0.5) is 8.78 Å². The first-order valence-corrected chi connectivity index (χ1v) is 7.31. The minimum absolute atomic E-state index is 0.122. The predicted octanol–water partition coefficient (Wildman–Crippen LogP) is 1.79. The van der Waals surface area contributed by atoms with Crippen molar-refractivity contribution < 1.29 is 13.6 Å². The Morgan fingerprint density at radius 1 is 1.29 bits per heavy atom. The summed E-state index contributed by atoms with van der Waals surface area (Å²) >= 11 is 0. The Kier molecular flexibility index (Phi) is 3.91. The number of hydrazine groups is 1. The van der Waals surface area contributed by atoms with E-state index in [2.05, 4.69) is 16.2 Å². The Balaban J connectivity index is 1.57. The van der Waals surface area contributed by atoms with E-state index in [-0.39, 0.29) is 18.0 Å². The Labute approximate surface area is 122 Å². The summed E-state index contributed by atoms with van der Waals surface area (Å²) in [5.74, 6) is -1.23. The van der Waals surface area contributed by atoms with Gasteiger partial charge in [0, 0.05) is 6.04 Å². The van der Waals surface area contributed by atoms with Gasteiger partial charge < -0.3 is 5.32 Å². The van der Waals surface area contributed by atoms with Crippen LogP contribution in [0.3, 0.4) is 0 Å². The first-order valence-electron chi connectivity index (χ1n) is 7.31. The SMILES string of the molecule is CC(NC(=O)C1CC(C2CC2)NN1)c1ccc(F)c(F)c1. The second-order valence-corrected chi connectivity index (χ2v) is 5.92. The van der Waals surface area contributed by atoms with E-state index in [9.17, 15) is 13.6 Å². The van der Waals surface area contributed by atoms with Crippen LogP contribution in [0.5, 0.6) is 0 Å². The van der Waals surface area contributed by atoms with Gasteiger partial charge in [0.15, 0.2) is 11.6 Å². The quantitative estimate of drug-likeness (QED) is 0.794. The smallest absolute Gasteiger partial charge is 0.239 e. The van der Waals surface area contributed by atoms with Gasteiger partial charge in [-0.2, -0.15) is 0 Å². The van der Waals surface area contributed by atoms with Crippen LogP contribution in [-0.2, 0) is 4.79 Å². The van der Waals surface area contributed by atoms with E-state index in [4.69, 9.17) is 0 Å². The van der Waals surface area contributed by atoms with Gasteiger partial charge in [-0.25, -0.2) is 14.2 Å². The average molecular weight is 295 g/mol. The highest BCUT2D eigenvalue weighted by atomic mass is 19.2. The third kappa shape index (κ3) is 3.22. The van der Waals surface area contributed by atoms with E-state index in [1.807, 2.05) is 0 Å². The summed E-state index contributed by atoms with van der Waals surface area (Å²) in [5.41, 5.74) is 6.72. The van der Waals surface area contributed by atoms with Gasteiger partial charge in [0.2, 0.25) is 5.91 Å². The summed E-state index contributed by atoms with van der Waals surface area (Å²) in [4.78, 5) is 12.2. The van der Waals surface area contributed by atoms with Crippen molar-refractivity contribution in [1.29, 1.82) is 0 Å². The van der Waals surface area contributed by atoms with Gasteiger partial charge in [0.25, 0.3) is 0 Å². The normalized spacial score (nSPS) is 26.6. The average Bonchev–Trinajstić information content (AvgIpc) is 3.19. The molecule has 2 aliphatic rings. The molecular formula is C15H19F2N3O. The van der Waals surface area contributed by atoms with Gasteiger partial charge in [0.05, 0.1) is 6.04 Å². The van der Waals surface area contributed by atoms with E-state index < -0.39 is 11.6 Å². The minimum atomic E-state index is -0.900. The van der Waals surface area contributed by atoms with Crippen molar-refractivity contribution >= 4 is 5.91 Å². The molecule has 1 aromatic carbocycles. The summed E-state index contributed by atoms with van der Waals surface area (Å²) < 4.78 is 26.1. The molecule has 1 aromatic rings. The topological polar surface area (TPSA) is 53.2 Å². The summed E-state index contributed by atoms with van der Waals surface area (Å²) in [5, 5.41) is 2.83. The fraction of sp³-hybridized carbons (Fsp3) is 0.533. The van der Waals surface area contributed by atoms with Crippen LogP contribution < -0.4 is 16.2 Å². The Morgan fingerprint density at radius 2 is 2.05 bits per heavy atom.